The van der Waals surface area contributed by atoms with Gasteiger partial charge in [0, 0.05) is 25.0 Å². The van der Waals surface area contributed by atoms with Crippen molar-refractivity contribution in [2.75, 3.05) is 27.7 Å². The van der Waals surface area contributed by atoms with Gasteiger partial charge in [-0.05, 0) is 57.4 Å². The van der Waals surface area contributed by atoms with E-state index in [2.05, 4.69) is 9.88 Å². The Labute approximate surface area is 173 Å². The SMILES string of the molecule is COc1cccc(-n2ccc3nc4ccn(CCCN(C)C)c(=O)c4cc3c2=O)c1. The molecule has 0 N–H and O–H groups in total. The van der Waals surface area contributed by atoms with Crippen LogP contribution in [0.25, 0.3) is 27.5 Å². The smallest absolute Gasteiger partial charge is 0.264 e. The van der Waals surface area contributed by atoms with E-state index in [1.165, 1.54) is 4.57 Å². The standard InChI is InChI=1S/C23H24N4O3/c1-25(2)10-5-11-26-12-8-20-18(22(26)28)15-19-21(24-20)9-13-27(23(19)29)16-6-4-7-17(14-16)30-3/h4,6-9,12-15H,5,10-11H2,1-3H3. The zero-order chi connectivity index (χ0) is 21.3. The van der Waals surface area contributed by atoms with Crippen molar-refractivity contribution in [3.05, 3.63) is 75.6 Å². The molecule has 0 aliphatic carbocycles. The van der Waals surface area contributed by atoms with Crippen molar-refractivity contribution in [3.63, 3.8) is 0 Å². The summed E-state index contributed by atoms with van der Waals surface area (Å²) < 4.78 is 8.48. The first-order valence-corrected chi connectivity index (χ1v) is 9.82. The Balaban J connectivity index is 1.83. The summed E-state index contributed by atoms with van der Waals surface area (Å²) in [7, 11) is 5.60. The highest BCUT2D eigenvalue weighted by Crippen LogP contribution is 2.18. The summed E-state index contributed by atoms with van der Waals surface area (Å²) in [6, 6.07) is 12.6. The van der Waals surface area contributed by atoms with Crippen molar-refractivity contribution in [2.24, 2.45) is 0 Å². The van der Waals surface area contributed by atoms with Crippen molar-refractivity contribution >= 4 is 21.8 Å². The Morgan fingerprint density at radius 2 is 1.70 bits per heavy atom. The summed E-state index contributed by atoms with van der Waals surface area (Å²) in [5.74, 6) is 0.664. The van der Waals surface area contributed by atoms with Crippen LogP contribution in [0.5, 0.6) is 5.75 Å². The minimum atomic E-state index is -0.224. The van der Waals surface area contributed by atoms with Crippen LogP contribution in [0.4, 0.5) is 0 Å². The lowest BCUT2D eigenvalue weighted by molar-refractivity contribution is 0.385. The first-order valence-electron chi connectivity index (χ1n) is 9.82. The summed E-state index contributed by atoms with van der Waals surface area (Å²) in [6.45, 7) is 1.51. The first kappa shape index (κ1) is 19.8. The number of methoxy groups -OCH3 is 1. The Hall–Kier alpha value is -3.45. The van der Waals surface area contributed by atoms with Crippen LogP contribution in [-0.2, 0) is 6.54 Å². The second-order valence-corrected chi connectivity index (χ2v) is 7.52. The normalized spacial score (nSPS) is 11.5. The van der Waals surface area contributed by atoms with Crippen LogP contribution in [-0.4, -0.2) is 46.8 Å². The molecule has 3 aromatic heterocycles. The number of hydrogen-bond donors (Lipinski definition) is 0. The molecular formula is C23H24N4O3. The van der Waals surface area contributed by atoms with E-state index in [1.807, 2.05) is 38.4 Å². The lowest BCUT2D eigenvalue weighted by Gasteiger charge is -2.12. The summed E-state index contributed by atoms with van der Waals surface area (Å²) >= 11 is 0. The van der Waals surface area contributed by atoms with E-state index in [-0.39, 0.29) is 11.1 Å². The fourth-order valence-corrected chi connectivity index (χ4v) is 3.56. The highest BCUT2D eigenvalue weighted by molar-refractivity contribution is 5.91. The largest absolute Gasteiger partial charge is 0.497 e. The maximum Gasteiger partial charge on any atom is 0.264 e. The third-order valence-electron chi connectivity index (χ3n) is 5.15. The third-order valence-corrected chi connectivity index (χ3v) is 5.15. The number of fused-ring (bicyclic) bond motifs is 2. The molecule has 0 bridgehead atoms. The van der Waals surface area contributed by atoms with E-state index in [1.54, 1.807) is 42.3 Å². The van der Waals surface area contributed by atoms with Gasteiger partial charge in [0.15, 0.2) is 0 Å². The average Bonchev–Trinajstić information content (AvgIpc) is 2.75. The maximum atomic E-state index is 13.2. The lowest BCUT2D eigenvalue weighted by atomic mass is 10.2. The van der Waals surface area contributed by atoms with Crippen LogP contribution in [0.3, 0.4) is 0 Å². The molecule has 0 unspecified atom stereocenters. The van der Waals surface area contributed by atoms with Crippen LogP contribution in [0, 0.1) is 0 Å². The molecule has 0 aliphatic heterocycles. The number of nitrogens with zero attached hydrogens (tertiary/aromatic N) is 4. The molecule has 3 heterocycles. The maximum absolute atomic E-state index is 13.2. The molecule has 0 spiro atoms. The summed E-state index contributed by atoms with van der Waals surface area (Å²) in [4.78, 5) is 32.8. The first-order chi connectivity index (χ1) is 14.5. The number of hydrogen-bond acceptors (Lipinski definition) is 5. The van der Waals surface area contributed by atoms with Gasteiger partial charge in [-0.15, -0.1) is 0 Å². The predicted molar refractivity (Wildman–Crippen MR) is 119 cm³/mol. The van der Waals surface area contributed by atoms with E-state index >= 15 is 0 Å². The molecular weight excluding hydrogens is 380 g/mol. The molecule has 0 amide bonds. The zero-order valence-electron chi connectivity index (χ0n) is 17.3. The average molecular weight is 404 g/mol. The van der Waals surface area contributed by atoms with E-state index in [9.17, 15) is 9.59 Å². The van der Waals surface area contributed by atoms with Crippen LogP contribution < -0.4 is 15.9 Å². The fraction of sp³-hybridized carbons (Fsp3) is 0.261. The highest BCUT2D eigenvalue weighted by atomic mass is 16.5. The van der Waals surface area contributed by atoms with E-state index < -0.39 is 0 Å². The molecule has 4 rings (SSSR count). The van der Waals surface area contributed by atoms with Crippen molar-refractivity contribution in [1.29, 1.82) is 0 Å². The predicted octanol–water partition coefficient (Wildman–Crippen LogP) is 2.66. The van der Waals surface area contributed by atoms with E-state index in [4.69, 9.17) is 4.74 Å². The van der Waals surface area contributed by atoms with Crippen molar-refractivity contribution in [1.82, 2.24) is 19.0 Å². The van der Waals surface area contributed by atoms with Gasteiger partial charge in [-0.1, -0.05) is 6.07 Å². The molecule has 30 heavy (non-hydrogen) atoms. The minimum Gasteiger partial charge on any atom is -0.497 e. The van der Waals surface area contributed by atoms with Gasteiger partial charge in [-0.25, -0.2) is 4.98 Å². The Kier molecular flexibility index (Phi) is 5.37. The van der Waals surface area contributed by atoms with Crippen molar-refractivity contribution < 1.29 is 4.74 Å². The van der Waals surface area contributed by atoms with Gasteiger partial charge in [0.05, 0.1) is 34.6 Å². The number of rotatable bonds is 6. The Morgan fingerprint density at radius 1 is 0.967 bits per heavy atom. The molecule has 4 aromatic rings. The van der Waals surface area contributed by atoms with Crippen LogP contribution in [0.2, 0.25) is 0 Å². The van der Waals surface area contributed by atoms with Gasteiger partial charge in [0.25, 0.3) is 11.1 Å². The molecule has 0 atom stereocenters. The molecule has 7 nitrogen and oxygen atoms in total. The van der Waals surface area contributed by atoms with Gasteiger partial charge in [0.1, 0.15) is 5.75 Å². The van der Waals surface area contributed by atoms with Crippen LogP contribution >= 0.6 is 0 Å². The lowest BCUT2D eigenvalue weighted by Crippen LogP contribution is -2.23. The molecule has 0 saturated carbocycles. The zero-order valence-corrected chi connectivity index (χ0v) is 17.3. The molecule has 0 fully saturated rings. The number of aryl methyl sites for hydroxylation is 1. The molecule has 0 aliphatic rings. The van der Waals surface area contributed by atoms with E-state index in [0.717, 1.165) is 13.0 Å². The number of pyridine rings is 3. The molecule has 0 saturated heterocycles. The summed E-state index contributed by atoms with van der Waals surface area (Å²) in [5.41, 5.74) is 1.50. The highest BCUT2D eigenvalue weighted by Gasteiger charge is 2.11. The Morgan fingerprint density at radius 3 is 2.43 bits per heavy atom. The van der Waals surface area contributed by atoms with Crippen molar-refractivity contribution in [3.8, 4) is 11.4 Å². The van der Waals surface area contributed by atoms with Gasteiger partial charge in [0.2, 0.25) is 0 Å². The molecule has 1 aromatic carbocycles. The van der Waals surface area contributed by atoms with Crippen molar-refractivity contribution in [2.45, 2.75) is 13.0 Å². The molecule has 154 valence electrons. The quantitative estimate of drug-likeness (QED) is 0.462. The topological polar surface area (TPSA) is 69.4 Å². The summed E-state index contributed by atoms with van der Waals surface area (Å²) in [6.07, 6.45) is 4.33. The Bertz CT molecular complexity index is 1340. The van der Waals surface area contributed by atoms with Crippen LogP contribution in [0.15, 0.2) is 64.4 Å². The minimum absolute atomic E-state index is 0.128. The van der Waals surface area contributed by atoms with Gasteiger partial charge >= 0.3 is 0 Å². The monoisotopic (exact) mass is 404 g/mol. The number of benzene rings is 1. The molecule has 7 heteroatoms. The fourth-order valence-electron chi connectivity index (χ4n) is 3.56. The van der Waals surface area contributed by atoms with Crippen LogP contribution in [0.1, 0.15) is 6.42 Å². The second-order valence-electron chi connectivity index (χ2n) is 7.52. The van der Waals surface area contributed by atoms with E-state index in [0.29, 0.717) is 39.8 Å². The second kappa shape index (κ2) is 8.12. The number of ether oxygens (including phenoxy) is 1. The van der Waals surface area contributed by atoms with Gasteiger partial charge < -0.3 is 14.2 Å². The number of aromatic nitrogens is 3. The summed E-state index contributed by atoms with van der Waals surface area (Å²) in [5, 5.41) is 0.867. The van der Waals surface area contributed by atoms with Gasteiger partial charge in [-0.2, -0.15) is 0 Å². The molecule has 0 radical (unpaired) electrons. The third kappa shape index (κ3) is 3.71. The van der Waals surface area contributed by atoms with Gasteiger partial charge in [-0.3, -0.25) is 14.2 Å².